The molecular formula is C13H7ClF3NO2. The Morgan fingerprint density at radius 2 is 2.00 bits per heavy atom. The lowest BCUT2D eigenvalue weighted by molar-refractivity contribution is -0.274. The Morgan fingerprint density at radius 1 is 1.25 bits per heavy atom. The number of ether oxygens (including phenoxy) is 1. The van der Waals surface area contributed by atoms with E-state index < -0.39 is 17.9 Å². The Labute approximate surface area is 117 Å². The Balaban J connectivity index is 2.36. The molecule has 0 aliphatic heterocycles. The number of hydrogen-bond donors (Lipinski definition) is 0. The Morgan fingerprint density at radius 3 is 2.60 bits per heavy atom. The minimum absolute atomic E-state index is 0.0355. The van der Waals surface area contributed by atoms with Gasteiger partial charge < -0.3 is 4.74 Å². The van der Waals surface area contributed by atoms with E-state index >= 15 is 0 Å². The highest BCUT2D eigenvalue weighted by Gasteiger charge is 2.31. The molecule has 0 amide bonds. The molecule has 0 N–H and O–H groups in total. The average molecular weight is 302 g/mol. The number of nitrogens with zero attached hydrogens (tertiary/aromatic N) is 1. The van der Waals surface area contributed by atoms with Gasteiger partial charge in [-0.1, -0.05) is 11.6 Å². The monoisotopic (exact) mass is 301 g/mol. The normalized spacial score (nSPS) is 11.2. The van der Waals surface area contributed by atoms with E-state index in [4.69, 9.17) is 11.6 Å². The van der Waals surface area contributed by atoms with Gasteiger partial charge in [-0.3, -0.25) is 9.78 Å². The number of halogens is 4. The molecule has 20 heavy (non-hydrogen) atoms. The molecule has 0 radical (unpaired) electrons. The van der Waals surface area contributed by atoms with Gasteiger partial charge in [-0.05, 0) is 30.3 Å². The van der Waals surface area contributed by atoms with Crippen molar-refractivity contribution in [3.63, 3.8) is 0 Å². The van der Waals surface area contributed by atoms with Crippen LogP contribution in [-0.4, -0.2) is 17.1 Å². The maximum Gasteiger partial charge on any atom is 0.573 e. The Hall–Kier alpha value is -2.08. The van der Waals surface area contributed by atoms with Gasteiger partial charge >= 0.3 is 6.36 Å². The number of benzene rings is 1. The van der Waals surface area contributed by atoms with Crippen molar-refractivity contribution in [1.29, 1.82) is 0 Å². The summed E-state index contributed by atoms with van der Waals surface area (Å²) in [6.07, 6.45) is -2.06. The van der Waals surface area contributed by atoms with Crippen LogP contribution in [0.1, 0.15) is 15.9 Å². The summed E-state index contributed by atoms with van der Waals surface area (Å²) in [6, 6.07) is 6.19. The van der Waals surface area contributed by atoms with Crippen LogP contribution in [0.15, 0.2) is 42.7 Å². The maximum atomic E-state index is 12.1. The van der Waals surface area contributed by atoms with Crippen LogP contribution in [0, 0.1) is 0 Å². The van der Waals surface area contributed by atoms with Crippen molar-refractivity contribution in [2.75, 3.05) is 0 Å². The number of carbonyl (C=O) groups is 1. The van der Waals surface area contributed by atoms with Crippen molar-refractivity contribution in [3.8, 4) is 5.75 Å². The number of rotatable bonds is 3. The number of ketones is 1. The van der Waals surface area contributed by atoms with E-state index in [-0.39, 0.29) is 16.1 Å². The summed E-state index contributed by atoms with van der Waals surface area (Å²) in [4.78, 5) is 15.9. The third kappa shape index (κ3) is 3.48. The van der Waals surface area contributed by atoms with Gasteiger partial charge in [0, 0.05) is 23.5 Å². The van der Waals surface area contributed by atoms with Crippen LogP contribution in [-0.2, 0) is 0 Å². The number of hydrogen-bond acceptors (Lipinski definition) is 3. The second-order valence-corrected chi connectivity index (χ2v) is 4.17. The van der Waals surface area contributed by atoms with E-state index in [1.807, 2.05) is 0 Å². The van der Waals surface area contributed by atoms with Crippen molar-refractivity contribution >= 4 is 17.4 Å². The lowest BCUT2D eigenvalue weighted by Gasteiger charge is -2.10. The van der Waals surface area contributed by atoms with Crippen molar-refractivity contribution in [1.82, 2.24) is 4.98 Å². The second-order valence-electron chi connectivity index (χ2n) is 3.76. The van der Waals surface area contributed by atoms with E-state index in [1.165, 1.54) is 30.6 Å². The molecule has 1 heterocycles. The van der Waals surface area contributed by atoms with Crippen molar-refractivity contribution in [3.05, 3.63) is 58.9 Å². The molecule has 0 spiro atoms. The maximum absolute atomic E-state index is 12.1. The molecule has 1 aromatic heterocycles. The highest BCUT2D eigenvalue weighted by atomic mass is 35.5. The van der Waals surface area contributed by atoms with Crippen LogP contribution in [0.5, 0.6) is 5.75 Å². The Bertz CT molecular complexity index is 629. The number of alkyl halides is 3. The van der Waals surface area contributed by atoms with E-state index in [2.05, 4.69) is 9.72 Å². The molecule has 2 rings (SSSR count). The zero-order valence-corrected chi connectivity index (χ0v) is 10.6. The molecule has 0 bridgehead atoms. The molecule has 2 aromatic rings. The molecular weight excluding hydrogens is 295 g/mol. The molecule has 0 aliphatic rings. The topological polar surface area (TPSA) is 39.2 Å². The molecule has 7 heteroatoms. The summed E-state index contributed by atoms with van der Waals surface area (Å²) >= 11 is 5.83. The molecule has 0 atom stereocenters. The molecule has 0 fully saturated rings. The number of carbonyl (C=O) groups excluding carboxylic acids is 1. The van der Waals surface area contributed by atoms with Crippen molar-refractivity contribution in [2.24, 2.45) is 0 Å². The van der Waals surface area contributed by atoms with Crippen LogP contribution in [0.3, 0.4) is 0 Å². The predicted octanol–water partition coefficient (Wildman–Crippen LogP) is 3.86. The van der Waals surface area contributed by atoms with Gasteiger partial charge in [0.1, 0.15) is 5.75 Å². The van der Waals surface area contributed by atoms with Gasteiger partial charge in [-0.2, -0.15) is 0 Å². The van der Waals surface area contributed by atoms with E-state index in [9.17, 15) is 18.0 Å². The first kappa shape index (κ1) is 14.3. The lowest BCUT2D eigenvalue weighted by atomic mass is 10.0. The minimum Gasteiger partial charge on any atom is -0.406 e. The number of aromatic nitrogens is 1. The van der Waals surface area contributed by atoms with Crippen LogP contribution in [0.2, 0.25) is 5.02 Å². The summed E-state index contributed by atoms with van der Waals surface area (Å²) in [5, 5.41) is 0.0355. The van der Waals surface area contributed by atoms with Gasteiger partial charge in [-0.15, -0.1) is 13.2 Å². The van der Waals surface area contributed by atoms with Crippen LogP contribution in [0.25, 0.3) is 0 Å². The summed E-state index contributed by atoms with van der Waals surface area (Å²) in [5.74, 6) is -1.04. The molecule has 104 valence electrons. The number of pyridine rings is 1. The first-order valence-electron chi connectivity index (χ1n) is 5.37. The van der Waals surface area contributed by atoms with Gasteiger partial charge in [-0.25, -0.2) is 0 Å². The summed E-state index contributed by atoms with van der Waals surface area (Å²) in [6.45, 7) is 0. The largest absolute Gasteiger partial charge is 0.573 e. The second kappa shape index (κ2) is 5.50. The van der Waals surface area contributed by atoms with E-state index in [1.54, 1.807) is 0 Å². The van der Waals surface area contributed by atoms with Crippen LogP contribution in [0.4, 0.5) is 13.2 Å². The zero-order chi connectivity index (χ0) is 14.8. The predicted molar refractivity (Wildman–Crippen MR) is 65.8 cm³/mol. The molecule has 0 saturated carbocycles. The third-order valence-corrected chi connectivity index (χ3v) is 2.67. The highest BCUT2D eigenvalue weighted by molar-refractivity contribution is 6.35. The molecule has 1 aromatic carbocycles. The molecule has 0 unspecified atom stereocenters. The first-order chi connectivity index (χ1) is 9.37. The van der Waals surface area contributed by atoms with Crippen LogP contribution < -0.4 is 4.74 Å². The minimum atomic E-state index is -4.83. The molecule has 0 aliphatic carbocycles. The fraction of sp³-hybridized carbons (Fsp3) is 0.0769. The third-order valence-electron chi connectivity index (χ3n) is 2.34. The van der Waals surface area contributed by atoms with E-state index in [0.717, 1.165) is 12.1 Å². The van der Waals surface area contributed by atoms with Crippen LogP contribution >= 0.6 is 11.6 Å². The van der Waals surface area contributed by atoms with E-state index in [0.29, 0.717) is 0 Å². The Kier molecular flexibility index (Phi) is 3.94. The van der Waals surface area contributed by atoms with Crippen molar-refractivity contribution < 1.29 is 22.7 Å². The smallest absolute Gasteiger partial charge is 0.406 e. The molecule has 3 nitrogen and oxygen atoms in total. The fourth-order valence-electron chi connectivity index (χ4n) is 1.53. The van der Waals surface area contributed by atoms with Crippen molar-refractivity contribution in [2.45, 2.75) is 6.36 Å². The lowest BCUT2D eigenvalue weighted by Crippen LogP contribution is -2.17. The van der Waals surface area contributed by atoms with Gasteiger partial charge in [0.25, 0.3) is 0 Å². The van der Waals surface area contributed by atoms with Gasteiger partial charge in [0.2, 0.25) is 0 Å². The molecule has 0 saturated heterocycles. The van der Waals surface area contributed by atoms with Gasteiger partial charge in [0.05, 0.1) is 5.02 Å². The summed E-state index contributed by atoms with van der Waals surface area (Å²) in [7, 11) is 0. The highest BCUT2D eigenvalue weighted by Crippen LogP contribution is 2.28. The quantitative estimate of drug-likeness (QED) is 0.808. The first-order valence-corrected chi connectivity index (χ1v) is 5.74. The fourth-order valence-corrected chi connectivity index (χ4v) is 1.73. The SMILES string of the molecule is O=C(c1cccnc1)c1cc(OC(F)(F)F)ccc1Cl. The zero-order valence-electron chi connectivity index (χ0n) is 9.82. The van der Waals surface area contributed by atoms with Gasteiger partial charge in [0.15, 0.2) is 5.78 Å². The standard InChI is InChI=1S/C13H7ClF3NO2/c14-11-4-3-9(20-13(15,16)17)6-10(11)12(19)8-2-1-5-18-7-8/h1-7H. The summed E-state index contributed by atoms with van der Waals surface area (Å²) < 4.78 is 40.2. The average Bonchev–Trinajstić information content (AvgIpc) is 2.40. The summed E-state index contributed by atoms with van der Waals surface area (Å²) in [5.41, 5.74) is 0.139.